The van der Waals surface area contributed by atoms with Crippen LogP contribution in [0.3, 0.4) is 0 Å². The minimum atomic E-state index is -4.20. The highest BCUT2D eigenvalue weighted by atomic mass is 19.4. The van der Waals surface area contributed by atoms with Crippen molar-refractivity contribution in [2.45, 2.75) is 12.6 Å². The lowest BCUT2D eigenvalue weighted by Gasteiger charge is -2.17. The topological polar surface area (TPSA) is 46.1 Å². The second-order valence-corrected chi connectivity index (χ2v) is 3.22. The standard InChI is InChI=1S/C9H10F3N3O/c1-15(3-2-9(10,11)12)8-13-4-7(6-16)5-14-8/h4-6H,2-3H2,1H3. The highest BCUT2D eigenvalue weighted by Gasteiger charge is 2.27. The van der Waals surface area contributed by atoms with Crippen molar-refractivity contribution in [2.75, 3.05) is 18.5 Å². The van der Waals surface area contributed by atoms with Gasteiger partial charge >= 0.3 is 6.18 Å². The minimum Gasteiger partial charge on any atom is -0.344 e. The highest BCUT2D eigenvalue weighted by molar-refractivity contribution is 5.73. The SMILES string of the molecule is CN(CCC(F)(F)F)c1ncc(C=O)cn1. The van der Waals surface area contributed by atoms with Gasteiger partial charge in [0.05, 0.1) is 12.0 Å². The van der Waals surface area contributed by atoms with Crippen LogP contribution in [-0.4, -0.2) is 36.0 Å². The summed E-state index contributed by atoms with van der Waals surface area (Å²) in [5.41, 5.74) is 0.285. The van der Waals surface area contributed by atoms with E-state index in [1.807, 2.05) is 0 Å². The summed E-state index contributed by atoms with van der Waals surface area (Å²) in [7, 11) is 1.46. The number of carbonyl (C=O) groups excluding carboxylic acids is 1. The predicted molar refractivity (Wildman–Crippen MR) is 51.4 cm³/mol. The second kappa shape index (κ2) is 4.91. The van der Waals surface area contributed by atoms with Crippen molar-refractivity contribution in [2.24, 2.45) is 0 Å². The van der Waals surface area contributed by atoms with Gasteiger partial charge in [0.2, 0.25) is 5.95 Å². The van der Waals surface area contributed by atoms with E-state index >= 15 is 0 Å². The van der Waals surface area contributed by atoms with Gasteiger partial charge < -0.3 is 4.90 Å². The molecule has 0 amide bonds. The quantitative estimate of drug-likeness (QED) is 0.742. The van der Waals surface area contributed by atoms with Crippen molar-refractivity contribution in [3.05, 3.63) is 18.0 Å². The van der Waals surface area contributed by atoms with Crippen LogP contribution < -0.4 is 4.90 Å². The Labute approximate surface area is 90.1 Å². The number of aromatic nitrogens is 2. The Kier molecular flexibility index (Phi) is 3.81. The smallest absolute Gasteiger partial charge is 0.344 e. The summed E-state index contributed by atoms with van der Waals surface area (Å²) >= 11 is 0. The molecule has 0 aliphatic heterocycles. The molecule has 0 N–H and O–H groups in total. The molecule has 7 heteroatoms. The Bertz CT molecular complexity index is 350. The largest absolute Gasteiger partial charge is 0.390 e. The third-order valence-electron chi connectivity index (χ3n) is 1.87. The summed E-state index contributed by atoms with van der Waals surface area (Å²) in [6.07, 6.45) is -2.03. The fourth-order valence-corrected chi connectivity index (χ4v) is 0.984. The van der Waals surface area contributed by atoms with Gasteiger partial charge in [0, 0.05) is 26.0 Å². The molecule has 0 saturated heterocycles. The number of aldehydes is 1. The molecule has 0 atom stereocenters. The molecule has 16 heavy (non-hydrogen) atoms. The van der Waals surface area contributed by atoms with Crippen LogP contribution in [-0.2, 0) is 0 Å². The molecule has 0 bridgehead atoms. The molecule has 4 nitrogen and oxygen atoms in total. The number of alkyl halides is 3. The zero-order valence-corrected chi connectivity index (χ0v) is 8.53. The summed E-state index contributed by atoms with van der Waals surface area (Å²) < 4.78 is 35.8. The van der Waals surface area contributed by atoms with E-state index in [0.717, 1.165) is 0 Å². The first-order valence-electron chi connectivity index (χ1n) is 4.47. The van der Waals surface area contributed by atoms with Crippen molar-refractivity contribution in [1.82, 2.24) is 9.97 Å². The summed E-state index contributed by atoms with van der Waals surface area (Å²) in [4.78, 5) is 19.1. The molecule has 0 spiro atoms. The number of hydrogen-bond donors (Lipinski definition) is 0. The number of hydrogen-bond acceptors (Lipinski definition) is 4. The molecule has 0 saturated carbocycles. The molecule has 0 aliphatic carbocycles. The van der Waals surface area contributed by atoms with Crippen LogP contribution in [0.15, 0.2) is 12.4 Å². The normalized spacial score (nSPS) is 11.2. The number of nitrogens with zero attached hydrogens (tertiary/aromatic N) is 3. The van der Waals surface area contributed by atoms with E-state index in [1.54, 1.807) is 0 Å². The Hall–Kier alpha value is -1.66. The van der Waals surface area contributed by atoms with E-state index in [2.05, 4.69) is 9.97 Å². The lowest BCUT2D eigenvalue weighted by atomic mass is 10.4. The molecular formula is C9H10F3N3O. The molecule has 1 heterocycles. The number of anilines is 1. The van der Waals surface area contributed by atoms with Crippen molar-refractivity contribution in [3.63, 3.8) is 0 Å². The van der Waals surface area contributed by atoms with Gasteiger partial charge in [-0.25, -0.2) is 9.97 Å². The fraction of sp³-hybridized carbons (Fsp3) is 0.444. The molecule has 0 radical (unpaired) electrons. The lowest BCUT2D eigenvalue weighted by Crippen LogP contribution is -2.25. The first-order valence-corrected chi connectivity index (χ1v) is 4.47. The van der Waals surface area contributed by atoms with Gasteiger partial charge in [-0.2, -0.15) is 13.2 Å². The van der Waals surface area contributed by atoms with E-state index < -0.39 is 12.6 Å². The number of halogens is 3. The number of rotatable bonds is 4. The van der Waals surface area contributed by atoms with Gasteiger partial charge in [0.1, 0.15) is 0 Å². The van der Waals surface area contributed by atoms with Crippen molar-refractivity contribution < 1.29 is 18.0 Å². The van der Waals surface area contributed by atoms with Crippen LogP contribution in [0.2, 0.25) is 0 Å². The van der Waals surface area contributed by atoms with Crippen LogP contribution in [0.5, 0.6) is 0 Å². The molecule has 88 valence electrons. The van der Waals surface area contributed by atoms with Gasteiger partial charge in [0.25, 0.3) is 0 Å². The summed E-state index contributed by atoms with van der Waals surface area (Å²) in [6.45, 7) is -0.218. The second-order valence-electron chi connectivity index (χ2n) is 3.22. The maximum atomic E-state index is 11.9. The average Bonchev–Trinajstić information content (AvgIpc) is 2.25. The summed E-state index contributed by atoms with van der Waals surface area (Å²) in [5, 5.41) is 0. The van der Waals surface area contributed by atoms with Crippen molar-refractivity contribution in [3.8, 4) is 0 Å². The third kappa shape index (κ3) is 3.84. The number of carbonyl (C=O) groups is 1. The van der Waals surface area contributed by atoms with Crippen LogP contribution in [0.1, 0.15) is 16.8 Å². The molecular weight excluding hydrogens is 223 g/mol. The highest BCUT2D eigenvalue weighted by Crippen LogP contribution is 2.20. The zero-order valence-electron chi connectivity index (χ0n) is 8.53. The van der Waals surface area contributed by atoms with E-state index in [1.165, 1.54) is 24.3 Å². The van der Waals surface area contributed by atoms with E-state index in [9.17, 15) is 18.0 Å². The Morgan fingerprint density at radius 3 is 2.38 bits per heavy atom. The molecule has 0 unspecified atom stereocenters. The molecule has 0 fully saturated rings. The lowest BCUT2D eigenvalue weighted by molar-refractivity contribution is -0.132. The van der Waals surface area contributed by atoms with Crippen LogP contribution in [0.4, 0.5) is 19.1 Å². The van der Waals surface area contributed by atoms with E-state index in [0.29, 0.717) is 6.29 Å². The molecule has 1 aromatic rings. The summed E-state index contributed by atoms with van der Waals surface area (Å²) in [5.74, 6) is 0.162. The molecule has 1 aromatic heterocycles. The minimum absolute atomic E-state index is 0.162. The first kappa shape index (κ1) is 12.4. The van der Waals surface area contributed by atoms with Crippen LogP contribution in [0, 0.1) is 0 Å². The van der Waals surface area contributed by atoms with Gasteiger partial charge in [0.15, 0.2) is 6.29 Å². The van der Waals surface area contributed by atoms with E-state index in [4.69, 9.17) is 0 Å². The van der Waals surface area contributed by atoms with Gasteiger partial charge in [-0.15, -0.1) is 0 Å². The average molecular weight is 233 g/mol. The third-order valence-corrected chi connectivity index (χ3v) is 1.87. The predicted octanol–water partition coefficient (Wildman–Crippen LogP) is 1.68. The van der Waals surface area contributed by atoms with Gasteiger partial charge in [-0.1, -0.05) is 0 Å². The molecule has 0 aromatic carbocycles. The Morgan fingerprint density at radius 1 is 1.38 bits per heavy atom. The van der Waals surface area contributed by atoms with Crippen molar-refractivity contribution >= 4 is 12.2 Å². The first-order chi connectivity index (χ1) is 7.42. The van der Waals surface area contributed by atoms with Crippen LogP contribution >= 0.6 is 0 Å². The van der Waals surface area contributed by atoms with Crippen LogP contribution in [0.25, 0.3) is 0 Å². The Morgan fingerprint density at radius 2 is 1.94 bits per heavy atom. The van der Waals surface area contributed by atoms with E-state index in [-0.39, 0.29) is 18.1 Å². The molecule has 1 rings (SSSR count). The maximum Gasteiger partial charge on any atom is 0.390 e. The van der Waals surface area contributed by atoms with Gasteiger partial charge in [-0.3, -0.25) is 4.79 Å². The maximum absolute atomic E-state index is 11.9. The Balaban J connectivity index is 2.59. The fourth-order valence-electron chi connectivity index (χ4n) is 0.984. The summed E-state index contributed by atoms with van der Waals surface area (Å²) in [6, 6.07) is 0. The zero-order chi connectivity index (χ0) is 12.2. The monoisotopic (exact) mass is 233 g/mol. The van der Waals surface area contributed by atoms with Crippen molar-refractivity contribution in [1.29, 1.82) is 0 Å². The molecule has 0 aliphatic rings. The van der Waals surface area contributed by atoms with Gasteiger partial charge in [-0.05, 0) is 0 Å².